The molecule has 1 unspecified atom stereocenters. The van der Waals surface area contributed by atoms with E-state index in [1.165, 1.54) is 0 Å². The molecule has 3 N–H and O–H groups in total. The number of pyridine rings is 1. The van der Waals surface area contributed by atoms with E-state index in [2.05, 4.69) is 10.3 Å². The van der Waals surface area contributed by atoms with Crippen LogP contribution in [0.3, 0.4) is 0 Å². The molecule has 5 heteroatoms. The first kappa shape index (κ1) is 15.0. The molecule has 21 heavy (non-hydrogen) atoms. The second-order valence-electron chi connectivity index (χ2n) is 4.70. The van der Waals surface area contributed by atoms with Crippen molar-refractivity contribution in [1.82, 2.24) is 4.98 Å². The zero-order chi connectivity index (χ0) is 15.2. The van der Waals surface area contributed by atoms with Crippen LogP contribution in [0.2, 0.25) is 0 Å². The van der Waals surface area contributed by atoms with Crippen molar-refractivity contribution in [1.29, 1.82) is 0 Å². The van der Waals surface area contributed by atoms with Crippen LogP contribution < -0.4 is 15.8 Å². The van der Waals surface area contributed by atoms with Gasteiger partial charge in [-0.2, -0.15) is 0 Å². The number of nitrogens with one attached hydrogen (secondary N) is 1. The average molecular weight is 285 g/mol. The number of aromatic nitrogens is 1. The number of hydrogen-bond donors (Lipinski definition) is 2. The van der Waals surface area contributed by atoms with Crippen molar-refractivity contribution in [2.75, 3.05) is 5.32 Å². The number of ether oxygens (including phenoxy) is 1. The normalized spacial score (nSPS) is 11.8. The summed E-state index contributed by atoms with van der Waals surface area (Å²) in [6.45, 7) is 3.91. The number of para-hydroxylation sites is 1. The molecule has 0 saturated heterocycles. The maximum atomic E-state index is 12.2. The summed E-state index contributed by atoms with van der Waals surface area (Å²) in [5.74, 6) is 0.381. The van der Waals surface area contributed by atoms with E-state index in [-0.39, 0.29) is 5.91 Å². The van der Waals surface area contributed by atoms with Crippen molar-refractivity contribution in [2.24, 2.45) is 5.73 Å². The highest BCUT2D eigenvalue weighted by Crippen LogP contribution is 2.18. The monoisotopic (exact) mass is 285 g/mol. The van der Waals surface area contributed by atoms with Crippen LogP contribution >= 0.6 is 0 Å². The van der Waals surface area contributed by atoms with Gasteiger partial charge in [0.05, 0.1) is 5.69 Å². The molecule has 2 aromatic rings. The lowest BCUT2D eigenvalue weighted by atomic mass is 10.1. The Morgan fingerprint density at radius 3 is 2.81 bits per heavy atom. The number of nitrogens with two attached hydrogens (primary N) is 1. The summed E-state index contributed by atoms with van der Waals surface area (Å²) in [5.41, 5.74) is 8.00. The highest BCUT2D eigenvalue weighted by atomic mass is 16.5. The Hall–Kier alpha value is -2.40. The minimum Gasteiger partial charge on any atom is -0.479 e. The molecule has 1 atom stereocenters. The topological polar surface area (TPSA) is 77.2 Å². The summed E-state index contributed by atoms with van der Waals surface area (Å²) in [6.07, 6.45) is 1.06. The second kappa shape index (κ2) is 6.85. The predicted octanol–water partition coefficient (Wildman–Crippen LogP) is 2.25. The third kappa shape index (κ3) is 3.79. The lowest BCUT2D eigenvalue weighted by molar-refractivity contribution is -0.122. The maximum Gasteiger partial charge on any atom is 0.265 e. The average Bonchev–Trinajstić information content (AvgIpc) is 2.50. The van der Waals surface area contributed by atoms with E-state index in [0.29, 0.717) is 18.0 Å². The molecule has 0 radical (unpaired) electrons. The van der Waals surface area contributed by atoms with Crippen molar-refractivity contribution in [3.05, 3.63) is 53.9 Å². The Balaban J connectivity index is 2.05. The van der Waals surface area contributed by atoms with Gasteiger partial charge < -0.3 is 15.8 Å². The molecular formula is C16H19N3O2. The Labute approximate surface area is 124 Å². The van der Waals surface area contributed by atoms with E-state index >= 15 is 0 Å². The molecule has 0 aliphatic heterocycles. The van der Waals surface area contributed by atoms with Gasteiger partial charge in [-0.3, -0.25) is 9.78 Å². The molecule has 0 saturated carbocycles. The minimum absolute atomic E-state index is 0.223. The van der Waals surface area contributed by atoms with Crippen LogP contribution in [-0.2, 0) is 11.3 Å². The predicted molar refractivity (Wildman–Crippen MR) is 82.0 cm³/mol. The van der Waals surface area contributed by atoms with Gasteiger partial charge in [-0.25, -0.2) is 0 Å². The van der Waals surface area contributed by atoms with Crippen molar-refractivity contribution in [3.8, 4) is 5.75 Å². The van der Waals surface area contributed by atoms with Crippen molar-refractivity contribution < 1.29 is 9.53 Å². The van der Waals surface area contributed by atoms with E-state index in [4.69, 9.17) is 10.5 Å². The summed E-state index contributed by atoms with van der Waals surface area (Å²) < 4.78 is 5.65. The van der Waals surface area contributed by atoms with Crippen LogP contribution in [0.4, 0.5) is 5.69 Å². The summed E-state index contributed by atoms with van der Waals surface area (Å²) >= 11 is 0. The fourth-order valence-electron chi connectivity index (χ4n) is 1.89. The summed E-state index contributed by atoms with van der Waals surface area (Å²) in [6, 6.07) is 11.0. The van der Waals surface area contributed by atoms with Gasteiger partial charge >= 0.3 is 0 Å². The van der Waals surface area contributed by atoms with E-state index in [1.807, 2.05) is 31.2 Å². The number of carbonyl (C=O) groups is 1. The van der Waals surface area contributed by atoms with Crippen LogP contribution in [0.25, 0.3) is 0 Å². The molecule has 0 spiro atoms. The number of nitrogens with zero attached hydrogens (tertiary/aromatic N) is 1. The molecule has 5 nitrogen and oxygen atoms in total. The standard InChI is InChI=1S/C16H19N3O2/c1-11-15(8-5-9-18-11)21-12(2)16(20)19-14-7-4-3-6-13(14)10-17/h3-9,12H,10,17H2,1-2H3,(H,19,20). The molecular weight excluding hydrogens is 266 g/mol. The Bertz CT molecular complexity index is 628. The van der Waals surface area contributed by atoms with Crippen molar-refractivity contribution in [3.63, 3.8) is 0 Å². The highest BCUT2D eigenvalue weighted by molar-refractivity contribution is 5.94. The molecule has 0 fully saturated rings. The zero-order valence-electron chi connectivity index (χ0n) is 12.2. The first-order valence-corrected chi connectivity index (χ1v) is 6.79. The highest BCUT2D eigenvalue weighted by Gasteiger charge is 2.16. The number of aryl methyl sites for hydroxylation is 1. The quantitative estimate of drug-likeness (QED) is 0.883. The molecule has 1 aromatic heterocycles. The molecule has 1 aromatic carbocycles. The second-order valence-corrected chi connectivity index (χ2v) is 4.70. The minimum atomic E-state index is -0.626. The lowest BCUT2D eigenvalue weighted by Gasteiger charge is -2.17. The number of rotatable bonds is 5. The summed E-state index contributed by atoms with van der Waals surface area (Å²) in [7, 11) is 0. The first-order valence-electron chi connectivity index (χ1n) is 6.79. The van der Waals surface area contributed by atoms with Gasteiger partial charge in [-0.1, -0.05) is 18.2 Å². The third-order valence-electron chi connectivity index (χ3n) is 3.13. The zero-order valence-corrected chi connectivity index (χ0v) is 12.2. The van der Waals surface area contributed by atoms with Crippen LogP contribution in [0.5, 0.6) is 5.75 Å². The van der Waals surface area contributed by atoms with Crippen molar-refractivity contribution in [2.45, 2.75) is 26.5 Å². The Kier molecular flexibility index (Phi) is 4.90. The first-order chi connectivity index (χ1) is 10.1. The van der Waals surface area contributed by atoms with Gasteiger partial charge in [0.25, 0.3) is 5.91 Å². The molecule has 2 rings (SSSR count). The molecule has 0 aliphatic carbocycles. The van der Waals surface area contributed by atoms with E-state index in [9.17, 15) is 4.79 Å². The molecule has 0 bridgehead atoms. The molecule has 1 amide bonds. The van der Waals surface area contributed by atoms with Crippen LogP contribution in [0.15, 0.2) is 42.6 Å². The molecule has 110 valence electrons. The fourth-order valence-corrected chi connectivity index (χ4v) is 1.89. The lowest BCUT2D eigenvalue weighted by Crippen LogP contribution is -2.30. The number of benzene rings is 1. The smallest absolute Gasteiger partial charge is 0.265 e. The molecule has 1 heterocycles. The number of anilines is 1. The van der Waals surface area contributed by atoms with Crippen LogP contribution in [-0.4, -0.2) is 17.0 Å². The number of amides is 1. The largest absolute Gasteiger partial charge is 0.479 e. The van der Waals surface area contributed by atoms with E-state index < -0.39 is 6.10 Å². The SMILES string of the molecule is Cc1ncccc1OC(C)C(=O)Nc1ccccc1CN. The van der Waals surface area contributed by atoms with Crippen LogP contribution in [0.1, 0.15) is 18.2 Å². The van der Waals surface area contributed by atoms with Gasteiger partial charge in [0, 0.05) is 18.4 Å². The number of hydrogen-bond acceptors (Lipinski definition) is 4. The van der Waals surface area contributed by atoms with Gasteiger partial charge in [0.2, 0.25) is 0 Å². The summed E-state index contributed by atoms with van der Waals surface area (Å²) in [4.78, 5) is 16.3. The Morgan fingerprint density at radius 2 is 2.10 bits per heavy atom. The summed E-state index contributed by atoms with van der Waals surface area (Å²) in [5, 5.41) is 2.84. The third-order valence-corrected chi connectivity index (χ3v) is 3.13. The van der Waals surface area contributed by atoms with Gasteiger partial charge in [-0.05, 0) is 37.6 Å². The maximum absolute atomic E-state index is 12.2. The molecule has 0 aliphatic rings. The van der Waals surface area contributed by atoms with Crippen LogP contribution in [0, 0.1) is 6.92 Å². The van der Waals surface area contributed by atoms with Crippen molar-refractivity contribution >= 4 is 11.6 Å². The van der Waals surface area contributed by atoms with E-state index in [0.717, 1.165) is 11.3 Å². The van der Waals surface area contributed by atoms with E-state index in [1.54, 1.807) is 25.3 Å². The fraction of sp³-hybridized carbons (Fsp3) is 0.250. The van der Waals surface area contributed by atoms with Gasteiger partial charge in [0.1, 0.15) is 5.75 Å². The Morgan fingerprint density at radius 1 is 1.33 bits per heavy atom. The number of carbonyl (C=O) groups excluding carboxylic acids is 1. The van der Waals surface area contributed by atoms with Gasteiger partial charge in [-0.15, -0.1) is 0 Å². The van der Waals surface area contributed by atoms with Gasteiger partial charge in [0.15, 0.2) is 6.10 Å².